The number of aromatic nitrogens is 1. The van der Waals surface area contributed by atoms with Crippen LogP contribution < -0.4 is 25.5 Å². The number of nitrogens with two attached hydrogens (primary N) is 1. The second kappa shape index (κ2) is 9.16. The standard InChI is InChI=1S/C23H28N2O6/c1-6-8-14-12-17-19(22(26)25(14)3)18(20(21(24)31-17)23(27)29-5)13-9-10-15(30-7-2)16(11-13)28-4/h9-12,18H,6-8,24H2,1-5H3. The van der Waals surface area contributed by atoms with Gasteiger partial charge in [-0.2, -0.15) is 0 Å². The van der Waals surface area contributed by atoms with Crippen LogP contribution in [0.3, 0.4) is 0 Å². The van der Waals surface area contributed by atoms with Crippen molar-refractivity contribution in [2.24, 2.45) is 12.8 Å². The number of pyridine rings is 1. The first-order valence-electron chi connectivity index (χ1n) is 10.2. The number of aryl methyl sites for hydroxylation is 1. The normalized spacial score (nSPS) is 15.2. The molecule has 8 nitrogen and oxygen atoms in total. The van der Waals surface area contributed by atoms with E-state index in [2.05, 4.69) is 0 Å². The SMILES string of the molecule is CCCc1cc2c(c(=O)n1C)C(c1ccc(OCC)c(OC)c1)C(C(=O)OC)=C(N)O2. The highest BCUT2D eigenvalue weighted by atomic mass is 16.5. The van der Waals surface area contributed by atoms with Crippen LogP contribution in [0.2, 0.25) is 0 Å². The van der Waals surface area contributed by atoms with Crippen molar-refractivity contribution in [1.29, 1.82) is 0 Å². The molecule has 0 amide bonds. The Morgan fingerprint density at radius 1 is 1.19 bits per heavy atom. The predicted octanol–water partition coefficient (Wildman–Crippen LogP) is 2.61. The highest BCUT2D eigenvalue weighted by Gasteiger charge is 2.38. The van der Waals surface area contributed by atoms with E-state index in [-0.39, 0.29) is 17.0 Å². The van der Waals surface area contributed by atoms with E-state index in [1.54, 1.807) is 35.9 Å². The van der Waals surface area contributed by atoms with Crippen molar-refractivity contribution in [3.63, 3.8) is 0 Å². The lowest BCUT2D eigenvalue weighted by Gasteiger charge is -2.29. The van der Waals surface area contributed by atoms with Crippen molar-refractivity contribution < 1.29 is 23.7 Å². The average Bonchev–Trinajstić information content (AvgIpc) is 2.76. The van der Waals surface area contributed by atoms with Gasteiger partial charge in [0, 0.05) is 18.8 Å². The number of fused-ring (bicyclic) bond motifs is 1. The zero-order chi connectivity index (χ0) is 22.7. The molecular weight excluding hydrogens is 400 g/mol. The zero-order valence-corrected chi connectivity index (χ0v) is 18.5. The van der Waals surface area contributed by atoms with Crippen LogP contribution in [-0.2, 0) is 23.0 Å². The van der Waals surface area contributed by atoms with Crippen LogP contribution >= 0.6 is 0 Å². The summed E-state index contributed by atoms with van der Waals surface area (Å²) in [6.45, 7) is 4.37. The molecule has 0 aliphatic carbocycles. The van der Waals surface area contributed by atoms with E-state index in [0.29, 0.717) is 41.4 Å². The summed E-state index contributed by atoms with van der Waals surface area (Å²) in [5.74, 6) is -0.156. The van der Waals surface area contributed by atoms with E-state index < -0.39 is 11.9 Å². The minimum Gasteiger partial charge on any atom is -0.493 e. The van der Waals surface area contributed by atoms with Gasteiger partial charge in [-0.15, -0.1) is 0 Å². The fourth-order valence-electron chi connectivity index (χ4n) is 3.85. The fourth-order valence-corrected chi connectivity index (χ4v) is 3.85. The maximum Gasteiger partial charge on any atom is 0.340 e. The summed E-state index contributed by atoms with van der Waals surface area (Å²) < 4.78 is 23.4. The highest BCUT2D eigenvalue weighted by Crippen LogP contribution is 2.43. The molecule has 1 aliphatic heterocycles. The number of carbonyl (C=O) groups is 1. The predicted molar refractivity (Wildman–Crippen MR) is 116 cm³/mol. The van der Waals surface area contributed by atoms with E-state index in [4.69, 9.17) is 24.7 Å². The van der Waals surface area contributed by atoms with Gasteiger partial charge in [-0.25, -0.2) is 4.79 Å². The highest BCUT2D eigenvalue weighted by molar-refractivity contribution is 5.92. The van der Waals surface area contributed by atoms with Gasteiger partial charge in [-0.3, -0.25) is 4.79 Å². The number of esters is 1. The van der Waals surface area contributed by atoms with Crippen LogP contribution in [0.4, 0.5) is 0 Å². The molecule has 1 unspecified atom stereocenters. The summed E-state index contributed by atoms with van der Waals surface area (Å²) >= 11 is 0. The first kappa shape index (κ1) is 22.3. The van der Waals surface area contributed by atoms with E-state index in [9.17, 15) is 9.59 Å². The molecule has 1 aromatic carbocycles. The van der Waals surface area contributed by atoms with Crippen LogP contribution in [0, 0.1) is 0 Å². The lowest BCUT2D eigenvalue weighted by atomic mass is 9.83. The molecule has 0 spiro atoms. The Kier molecular flexibility index (Phi) is 6.58. The molecule has 2 N–H and O–H groups in total. The van der Waals surface area contributed by atoms with Crippen LogP contribution in [0.5, 0.6) is 17.2 Å². The number of hydrogen-bond acceptors (Lipinski definition) is 7. The molecule has 1 aromatic heterocycles. The van der Waals surface area contributed by atoms with E-state index >= 15 is 0 Å². The van der Waals surface area contributed by atoms with Crippen LogP contribution in [0.1, 0.15) is 43.0 Å². The minimum atomic E-state index is -0.782. The molecule has 1 atom stereocenters. The van der Waals surface area contributed by atoms with Crippen molar-refractivity contribution >= 4 is 5.97 Å². The summed E-state index contributed by atoms with van der Waals surface area (Å²) in [6, 6.07) is 7.07. The Morgan fingerprint density at radius 3 is 2.55 bits per heavy atom. The first-order chi connectivity index (χ1) is 14.9. The van der Waals surface area contributed by atoms with Gasteiger partial charge in [-0.05, 0) is 31.0 Å². The maximum absolute atomic E-state index is 13.4. The fraction of sp³-hybridized carbons (Fsp3) is 0.391. The van der Waals surface area contributed by atoms with Crippen LogP contribution in [0.25, 0.3) is 0 Å². The third kappa shape index (κ3) is 3.97. The molecule has 3 rings (SSSR count). The van der Waals surface area contributed by atoms with Gasteiger partial charge < -0.3 is 29.2 Å². The van der Waals surface area contributed by atoms with Gasteiger partial charge in [0.05, 0.1) is 32.3 Å². The molecule has 2 heterocycles. The maximum atomic E-state index is 13.4. The second-order valence-corrected chi connectivity index (χ2v) is 7.18. The van der Waals surface area contributed by atoms with Crippen molar-refractivity contribution in [2.45, 2.75) is 32.6 Å². The van der Waals surface area contributed by atoms with Crippen LogP contribution in [-0.4, -0.2) is 31.4 Å². The van der Waals surface area contributed by atoms with E-state index in [0.717, 1.165) is 12.1 Å². The first-order valence-corrected chi connectivity index (χ1v) is 10.2. The Hall–Kier alpha value is -3.42. The summed E-state index contributed by atoms with van der Waals surface area (Å²) in [7, 11) is 4.50. The third-order valence-electron chi connectivity index (χ3n) is 5.32. The molecule has 0 saturated carbocycles. The number of carbonyl (C=O) groups excluding carboxylic acids is 1. The van der Waals surface area contributed by atoms with Crippen LogP contribution in [0.15, 0.2) is 40.5 Å². The Balaban J connectivity index is 2.29. The molecule has 31 heavy (non-hydrogen) atoms. The Morgan fingerprint density at radius 2 is 1.94 bits per heavy atom. The van der Waals surface area contributed by atoms with Crippen molar-refractivity contribution in [1.82, 2.24) is 4.57 Å². The van der Waals surface area contributed by atoms with Gasteiger partial charge in [-0.1, -0.05) is 19.4 Å². The number of hydrogen-bond donors (Lipinski definition) is 1. The molecule has 1 aliphatic rings. The molecule has 166 valence electrons. The van der Waals surface area contributed by atoms with Gasteiger partial charge in [0.25, 0.3) is 5.56 Å². The van der Waals surface area contributed by atoms with Gasteiger partial charge in [0.1, 0.15) is 11.3 Å². The van der Waals surface area contributed by atoms with Gasteiger partial charge in [0.15, 0.2) is 11.5 Å². The van der Waals surface area contributed by atoms with Crippen molar-refractivity contribution in [2.75, 3.05) is 20.8 Å². The average molecular weight is 428 g/mol. The molecule has 0 fully saturated rings. The second-order valence-electron chi connectivity index (χ2n) is 7.18. The van der Waals surface area contributed by atoms with Gasteiger partial charge >= 0.3 is 5.97 Å². The van der Waals surface area contributed by atoms with E-state index in [1.165, 1.54) is 14.2 Å². The molecular formula is C23H28N2O6. The molecule has 0 bridgehead atoms. The topological polar surface area (TPSA) is 102 Å². The molecule has 0 radical (unpaired) electrons. The monoisotopic (exact) mass is 428 g/mol. The summed E-state index contributed by atoms with van der Waals surface area (Å²) in [4.78, 5) is 26.0. The largest absolute Gasteiger partial charge is 0.493 e. The van der Waals surface area contributed by atoms with Crippen molar-refractivity contribution in [3.8, 4) is 17.2 Å². The molecule has 8 heteroatoms. The third-order valence-corrected chi connectivity index (χ3v) is 5.32. The summed E-state index contributed by atoms with van der Waals surface area (Å²) in [5.41, 5.74) is 7.74. The number of nitrogens with zero attached hydrogens (tertiary/aromatic N) is 1. The summed E-state index contributed by atoms with van der Waals surface area (Å²) in [6.07, 6.45) is 1.57. The Bertz CT molecular complexity index is 1090. The quantitative estimate of drug-likeness (QED) is 0.676. The minimum absolute atomic E-state index is 0.0709. The van der Waals surface area contributed by atoms with Gasteiger partial charge in [0.2, 0.25) is 5.88 Å². The number of ether oxygens (including phenoxy) is 4. The van der Waals surface area contributed by atoms with E-state index in [1.807, 2.05) is 13.8 Å². The number of methoxy groups -OCH3 is 2. The molecule has 0 saturated heterocycles. The Labute approximate surface area is 181 Å². The summed E-state index contributed by atoms with van der Waals surface area (Å²) in [5, 5.41) is 0. The number of benzene rings is 1. The zero-order valence-electron chi connectivity index (χ0n) is 18.5. The number of rotatable bonds is 7. The van der Waals surface area contributed by atoms with Crippen molar-refractivity contribution in [3.05, 3.63) is 62.9 Å². The lowest BCUT2D eigenvalue weighted by molar-refractivity contribution is -0.136. The smallest absolute Gasteiger partial charge is 0.340 e. The lowest BCUT2D eigenvalue weighted by Crippen LogP contribution is -2.34. The molecule has 2 aromatic rings.